The van der Waals surface area contributed by atoms with E-state index in [0.29, 0.717) is 18.4 Å². The summed E-state index contributed by atoms with van der Waals surface area (Å²) >= 11 is 0. The molecule has 0 saturated heterocycles. The van der Waals surface area contributed by atoms with Crippen molar-refractivity contribution in [2.75, 3.05) is 33.8 Å². The Kier molecular flexibility index (Phi) is 5.84. The number of fused-ring (bicyclic) bond motifs is 1. The molecule has 0 aromatic heterocycles. The minimum Gasteiger partial charge on any atom is -0.389 e. The fourth-order valence-electron chi connectivity index (χ4n) is 4.95. The average Bonchev–Trinajstić information content (AvgIpc) is 2.86. The number of hydrogen-bond acceptors (Lipinski definition) is 4. The van der Waals surface area contributed by atoms with Crippen molar-refractivity contribution in [1.82, 2.24) is 10.4 Å². The lowest BCUT2D eigenvalue weighted by Crippen LogP contribution is -2.50. The van der Waals surface area contributed by atoms with Gasteiger partial charge in [0.25, 0.3) is 0 Å². The van der Waals surface area contributed by atoms with Crippen molar-refractivity contribution in [2.24, 2.45) is 11.3 Å². The molecule has 140 valence electrons. The summed E-state index contributed by atoms with van der Waals surface area (Å²) in [5.74, 6) is 0.968. The van der Waals surface area contributed by atoms with Crippen LogP contribution in [0.2, 0.25) is 0 Å². The van der Waals surface area contributed by atoms with E-state index in [4.69, 9.17) is 4.84 Å². The molecular formula is C21H34N2O2. The molecule has 2 aliphatic rings. The number of aliphatic hydroxyl groups is 1. The Morgan fingerprint density at radius 3 is 2.68 bits per heavy atom. The van der Waals surface area contributed by atoms with Gasteiger partial charge in [0.15, 0.2) is 0 Å². The molecule has 1 aromatic rings. The SMILES string of the molecule is CN(C)CCONC[C@H]1CC[C@]2(O)C[C@@H](c3ccccc3)CC[C@]12C. The maximum Gasteiger partial charge on any atom is 0.0809 e. The van der Waals surface area contributed by atoms with Gasteiger partial charge in [0.1, 0.15) is 0 Å². The lowest BCUT2D eigenvalue weighted by atomic mass is 9.59. The first-order chi connectivity index (χ1) is 11.9. The zero-order valence-electron chi connectivity index (χ0n) is 16.0. The van der Waals surface area contributed by atoms with E-state index >= 15 is 0 Å². The van der Waals surface area contributed by atoms with Crippen LogP contribution < -0.4 is 5.48 Å². The van der Waals surface area contributed by atoms with Gasteiger partial charge in [0.2, 0.25) is 0 Å². The van der Waals surface area contributed by atoms with Crippen LogP contribution in [0.5, 0.6) is 0 Å². The highest BCUT2D eigenvalue weighted by atomic mass is 16.6. The van der Waals surface area contributed by atoms with Gasteiger partial charge in [-0.3, -0.25) is 0 Å². The van der Waals surface area contributed by atoms with Crippen LogP contribution in [0.3, 0.4) is 0 Å². The molecule has 0 amide bonds. The number of benzene rings is 1. The Balaban J connectivity index is 1.57. The molecule has 3 rings (SSSR count). The van der Waals surface area contributed by atoms with Crippen LogP contribution in [0.1, 0.15) is 50.5 Å². The van der Waals surface area contributed by atoms with E-state index < -0.39 is 5.60 Å². The summed E-state index contributed by atoms with van der Waals surface area (Å²) in [5.41, 5.74) is 4.00. The molecule has 2 saturated carbocycles. The van der Waals surface area contributed by atoms with Gasteiger partial charge in [-0.25, -0.2) is 5.48 Å². The zero-order chi connectivity index (χ0) is 17.9. The molecule has 0 bridgehead atoms. The molecule has 2 fully saturated rings. The molecule has 25 heavy (non-hydrogen) atoms. The van der Waals surface area contributed by atoms with Crippen LogP contribution in [0.15, 0.2) is 30.3 Å². The normalized spacial score (nSPS) is 35.1. The Hall–Kier alpha value is -0.940. The number of likely N-dealkylation sites (N-methyl/N-ethyl adjacent to an activating group) is 1. The first-order valence-corrected chi connectivity index (χ1v) is 9.71. The molecule has 0 aliphatic heterocycles. The van der Waals surface area contributed by atoms with Gasteiger partial charge in [0.05, 0.1) is 12.2 Å². The molecule has 0 unspecified atom stereocenters. The Bertz CT molecular complexity index is 550. The smallest absolute Gasteiger partial charge is 0.0809 e. The van der Waals surface area contributed by atoms with Crippen LogP contribution in [-0.2, 0) is 4.84 Å². The maximum atomic E-state index is 11.5. The van der Waals surface area contributed by atoms with E-state index in [9.17, 15) is 5.11 Å². The summed E-state index contributed by atoms with van der Waals surface area (Å²) in [4.78, 5) is 7.69. The summed E-state index contributed by atoms with van der Waals surface area (Å²) in [6, 6.07) is 10.7. The first kappa shape index (κ1) is 18.8. The van der Waals surface area contributed by atoms with Crippen molar-refractivity contribution in [3.05, 3.63) is 35.9 Å². The summed E-state index contributed by atoms with van der Waals surface area (Å²) in [6.45, 7) is 4.74. The van der Waals surface area contributed by atoms with Crippen molar-refractivity contribution in [3.8, 4) is 0 Å². The van der Waals surface area contributed by atoms with E-state index in [2.05, 4.69) is 47.6 Å². The van der Waals surface area contributed by atoms with Crippen LogP contribution in [0.25, 0.3) is 0 Å². The van der Waals surface area contributed by atoms with E-state index in [1.807, 2.05) is 14.1 Å². The predicted molar refractivity (Wildman–Crippen MR) is 101 cm³/mol. The van der Waals surface area contributed by atoms with Gasteiger partial charge in [-0.2, -0.15) is 0 Å². The summed E-state index contributed by atoms with van der Waals surface area (Å²) in [5, 5.41) is 11.5. The highest BCUT2D eigenvalue weighted by molar-refractivity contribution is 5.23. The van der Waals surface area contributed by atoms with Gasteiger partial charge < -0.3 is 14.8 Å². The largest absolute Gasteiger partial charge is 0.389 e. The van der Waals surface area contributed by atoms with Gasteiger partial charge >= 0.3 is 0 Å². The van der Waals surface area contributed by atoms with Crippen LogP contribution in [0.4, 0.5) is 0 Å². The van der Waals surface area contributed by atoms with E-state index in [0.717, 1.165) is 38.8 Å². The van der Waals surface area contributed by atoms with E-state index in [1.165, 1.54) is 12.0 Å². The second-order valence-electron chi connectivity index (χ2n) is 8.54. The van der Waals surface area contributed by atoms with Gasteiger partial charge in [0, 0.05) is 18.5 Å². The molecule has 2 aliphatic carbocycles. The first-order valence-electron chi connectivity index (χ1n) is 9.71. The molecule has 0 spiro atoms. The molecule has 4 atom stereocenters. The summed E-state index contributed by atoms with van der Waals surface area (Å²) < 4.78 is 0. The summed E-state index contributed by atoms with van der Waals surface area (Å²) in [7, 11) is 4.10. The third kappa shape index (κ3) is 3.92. The highest BCUT2D eigenvalue weighted by Gasteiger charge is 2.58. The standard InChI is InChI=1S/C21H34N2O2/c1-20-11-9-18(17-7-5-4-6-8-17)15-21(20,24)12-10-19(20)16-22-25-14-13-23(2)3/h4-8,18-19,22,24H,9-16H2,1-3H3/t18-,19+,20+,21-/m0/s1. The van der Waals surface area contributed by atoms with Crippen molar-refractivity contribution >= 4 is 0 Å². The lowest BCUT2D eigenvalue weighted by molar-refractivity contribution is -0.109. The molecule has 1 aromatic carbocycles. The minimum atomic E-state index is -0.540. The third-order valence-electron chi connectivity index (χ3n) is 6.81. The number of hydroxylamine groups is 1. The fourth-order valence-corrected chi connectivity index (χ4v) is 4.95. The molecule has 0 heterocycles. The Morgan fingerprint density at radius 1 is 1.20 bits per heavy atom. The van der Waals surface area contributed by atoms with Crippen LogP contribution >= 0.6 is 0 Å². The van der Waals surface area contributed by atoms with Crippen molar-refractivity contribution in [2.45, 2.75) is 50.5 Å². The highest BCUT2D eigenvalue weighted by Crippen LogP contribution is 2.60. The van der Waals surface area contributed by atoms with E-state index in [1.54, 1.807) is 0 Å². The Morgan fingerprint density at radius 2 is 1.96 bits per heavy atom. The second kappa shape index (κ2) is 7.75. The fraction of sp³-hybridized carbons (Fsp3) is 0.714. The van der Waals surface area contributed by atoms with E-state index in [-0.39, 0.29) is 5.41 Å². The molecule has 0 radical (unpaired) electrons. The molecule has 4 heteroatoms. The van der Waals surface area contributed by atoms with Gasteiger partial charge in [-0.1, -0.05) is 37.3 Å². The molecule has 2 N–H and O–H groups in total. The topological polar surface area (TPSA) is 44.7 Å². The summed E-state index contributed by atoms with van der Waals surface area (Å²) in [6.07, 6.45) is 5.15. The number of nitrogens with one attached hydrogen (secondary N) is 1. The maximum absolute atomic E-state index is 11.5. The van der Waals surface area contributed by atoms with Crippen molar-refractivity contribution in [3.63, 3.8) is 0 Å². The average molecular weight is 347 g/mol. The molecular weight excluding hydrogens is 312 g/mol. The number of rotatable bonds is 7. The zero-order valence-corrected chi connectivity index (χ0v) is 16.0. The number of nitrogens with zero attached hydrogens (tertiary/aromatic N) is 1. The van der Waals surface area contributed by atoms with Crippen LogP contribution in [0, 0.1) is 11.3 Å². The number of hydrogen-bond donors (Lipinski definition) is 2. The quantitative estimate of drug-likeness (QED) is 0.588. The van der Waals surface area contributed by atoms with Crippen molar-refractivity contribution < 1.29 is 9.94 Å². The van der Waals surface area contributed by atoms with Gasteiger partial charge in [-0.05, 0) is 63.6 Å². The minimum absolute atomic E-state index is 0.00378. The Labute approximate surface area is 152 Å². The predicted octanol–water partition coefficient (Wildman–Crippen LogP) is 3.18. The third-order valence-corrected chi connectivity index (χ3v) is 6.81. The second-order valence-corrected chi connectivity index (χ2v) is 8.54. The monoisotopic (exact) mass is 346 g/mol. The molecule has 4 nitrogen and oxygen atoms in total. The van der Waals surface area contributed by atoms with Crippen molar-refractivity contribution in [1.29, 1.82) is 0 Å². The van der Waals surface area contributed by atoms with Crippen LogP contribution in [-0.4, -0.2) is 49.4 Å². The van der Waals surface area contributed by atoms with Gasteiger partial charge in [-0.15, -0.1) is 0 Å². The lowest BCUT2D eigenvalue weighted by Gasteiger charge is -2.49.